The number of para-hydroxylation sites is 1. The highest BCUT2D eigenvalue weighted by atomic mass is 32.1. The minimum Gasteiger partial charge on any atom is -0.384 e. The monoisotopic (exact) mass is 322 g/mol. The zero-order chi connectivity index (χ0) is 15.2. The summed E-state index contributed by atoms with van der Waals surface area (Å²) in [4.78, 5) is 16.2. The summed E-state index contributed by atoms with van der Waals surface area (Å²) >= 11 is 6.54. The van der Waals surface area contributed by atoms with Crippen molar-refractivity contribution in [1.82, 2.24) is 4.98 Å². The molecule has 0 saturated heterocycles. The van der Waals surface area contributed by atoms with Gasteiger partial charge in [0.05, 0.1) is 13.0 Å². The molecule has 2 N–H and O–H groups in total. The predicted molar refractivity (Wildman–Crippen MR) is 88.6 cm³/mol. The predicted octanol–water partition coefficient (Wildman–Crippen LogP) is 3.48. The van der Waals surface area contributed by atoms with E-state index in [4.69, 9.17) is 17.0 Å². The molecule has 0 radical (unpaired) electrons. The average Bonchev–Trinajstić information content (AvgIpc) is 2.75. The van der Waals surface area contributed by atoms with Crippen LogP contribution in [0, 0.1) is 10.9 Å². The number of ether oxygens (including phenoxy) is 1. The molecule has 0 unspecified atom stereocenters. The highest BCUT2D eigenvalue weighted by molar-refractivity contribution is 7.73. The first-order chi connectivity index (χ1) is 10.1. The fraction of sp³-hybridized carbons (Fsp3) is 0.333. The first-order valence-corrected chi connectivity index (χ1v) is 7.88. The minimum atomic E-state index is -0.0341. The fourth-order valence-corrected chi connectivity index (χ4v) is 3.31. The molecule has 0 fully saturated rings. The Morgan fingerprint density at radius 2 is 2.19 bits per heavy atom. The average molecular weight is 322 g/mol. The molecule has 0 saturated carbocycles. The van der Waals surface area contributed by atoms with Gasteiger partial charge in [0.2, 0.25) is 5.91 Å². The quantitative estimate of drug-likeness (QED) is 0.801. The topological polar surface area (TPSA) is 54.1 Å². The normalized spacial score (nSPS) is 10.6. The maximum absolute atomic E-state index is 12.2. The first-order valence-electron chi connectivity index (χ1n) is 6.65. The molecule has 6 heteroatoms. The van der Waals surface area contributed by atoms with Gasteiger partial charge in [-0.25, -0.2) is 0 Å². The van der Waals surface area contributed by atoms with Gasteiger partial charge in [0.1, 0.15) is 0 Å². The largest absolute Gasteiger partial charge is 0.384 e. The van der Waals surface area contributed by atoms with Gasteiger partial charge < -0.3 is 15.0 Å². The molecule has 0 spiro atoms. The number of aromatic amines is 1. The third-order valence-corrected chi connectivity index (χ3v) is 4.45. The van der Waals surface area contributed by atoms with E-state index in [-0.39, 0.29) is 5.91 Å². The third kappa shape index (κ3) is 4.49. The van der Waals surface area contributed by atoms with E-state index < -0.39 is 0 Å². The van der Waals surface area contributed by atoms with E-state index in [0.717, 1.165) is 28.2 Å². The Morgan fingerprint density at radius 3 is 2.86 bits per heavy atom. The number of nitrogens with one attached hydrogen (secondary N) is 2. The van der Waals surface area contributed by atoms with Crippen LogP contribution in [0.5, 0.6) is 0 Å². The lowest BCUT2D eigenvalue weighted by atomic mass is 10.1. The second-order valence-electron chi connectivity index (χ2n) is 4.69. The van der Waals surface area contributed by atoms with E-state index in [1.807, 2.05) is 31.2 Å². The number of H-pyrrole nitrogens is 1. The van der Waals surface area contributed by atoms with Crippen LogP contribution in [0.1, 0.15) is 16.1 Å². The van der Waals surface area contributed by atoms with Crippen molar-refractivity contribution < 1.29 is 9.53 Å². The van der Waals surface area contributed by atoms with Crippen molar-refractivity contribution >= 4 is 35.1 Å². The molecule has 1 heterocycles. The van der Waals surface area contributed by atoms with Crippen molar-refractivity contribution in [1.29, 1.82) is 0 Å². The lowest BCUT2D eigenvalue weighted by molar-refractivity contribution is -0.115. The lowest BCUT2D eigenvalue weighted by Crippen LogP contribution is -2.15. The fourth-order valence-electron chi connectivity index (χ4n) is 2.02. The zero-order valence-corrected chi connectivity index (χ0v) is 13.7. The van der Waals surface area contributed by atoms with Crippen LogP contribution in [0.2, 0.25) is 0 Å². The van der Waals surface area contributed by atoms with Crippen molar-refractivity contribution in [2.24, 2.45) is 0 Å². The molecule has 2 aromatic rings. The standard InChI is InChI=1S/C15H18N2O2S2/c1-10-13(21-15(20)16-10)9-14(18)17-12-6-4-3-5-11(12)7-8-19-2/h3-6H,7-9H2,1-2H3,(H,16,20)(H,17,18). The van der Waals surface area contributed by atoms with E-state index in [0.29, 0.717) is 17.0 Å². The number of aryl methyl sites for hydroxylation is 1. The molecular formula is C15H18N2O2S2. The minimum absolute atomic E-state index is 0.0341. The second kappa shape index (κ2) is 7.49. The Bertz CT molecular complexity index is 676. The van der Waals surface area contributed by atoms with Crippen LogP contribution in [-0.4, -0.2) is 24.6 Å². The van der Waals surface area contributed by atoms with Gasteiger partial charge >= 0.3 is 0 Å². The van der Waals surface area contributed by atoms with Crippen molar-refractivity contribution in [3.8, 4) is 0 Å². The number of anilines is 1. The summed E-state index contributed by atoms with van der Waals surface area (Å²) in [5.41, 5.74) is 2.88. The number of benzene rings is 1. The molecule has 2 rings (SSSR count). The molecule has 1 aromatic heterocycles. The molecule has 0 atom stereocenters. The molecule has 1 aromatic carbocycles. The molecular weight excluding hydrogens is 304 g/mol. The number of amides is 1. The van der Waals surface area contributed by atoms with Crippen molar-refractivity contribution in [3.63, 3.8) is 0 Å². The Labute approximate surface area is 133 Å². The molecule has 0 aliphatic heterocycles. The van der Waals surface area contributed by atoms with Crippen molar-refractivity contribution in [2.45, 2.75) is 19.8 Å². The number of rotatable bonds is 6. The molecule has 0 aliphatic carbocycles. The van der Waals surface area contributed by atoms with E-state index >= 15 is 0 Å². The lowest BCUT2D eigenvalue weighted by Gasteiger charge is -2.10. The van der Waals surface area contributed by atoms with E-state index in [1.165, 1.54) is 11.3 Å². The summed E-state index contributed by atoms with van der Waals surface area (Å²) in [6.45, 7) is 2.56. The van der Waals surface area contributed by atoms with Crippen LogP contribution in [-0.2, 0) is 22.4 Å². The van der Waals surface area contributed by atoms with E-state index in [2.05, 4.69) is 10.3 Å². The van der Waals surface area contributed by atoms with Gasteiger partial charge in [-0.05, 0) is 37.2 Å². The van der Waals surface area contributed by atoms with Crippen LogP contribution in [0.3, 0.4) is 0 Å². The molecule has 21 heavy (non-hydrogen) atoms. The maximum Gasteiger partial charge on any atom is 0.229 e. The summed E-state index contributed by atoms with van der Waals surface area (Å²) in [5, 5.41) is 2.97. The number of thiazole rings is 1. The summed E-state index contributed by atoms with van der Waals surface area (Å²) < 4.78 is 5.80. The van der Waals surface area contributed by atoms with Gasteiger partial charge in [0.15, 0.2) is 3.95 Å². The number of hydrogen-bond acceptors (Lipinski definition) is 4. The number of carbonyl (C=O) groups excluding carboxylic acids is 1. The Kier molecular flexibility index (Phi) is 5.67. The number of carbonyl (C=O) groups is 1. The summed E-state index contributed by atoms with van der Waals surface area (Å²) in [6, 6.07) is 7.79. The van der Waals surface area contributed by atoms with Gasteiger partial charge in [-0.1, -0.05) is 18.2 Å². The Morgan fingerprint density at radius 1 is 1.43 bits per heavy atom. The van der Waals surface area contributed by atoms with Crippen LogP contribution in [0.15, 0.2) is 24.3 Å². The zero-order valence-electron chi connectivity index (χ0n) is 12.1. The Balaban J connectivity index is 2.05. The van der Waals surface area contributed by atoms with Crippen LogP contribution >= 0.6 is 23.6 Å². The molecule has 0 aliphatic rings. The highest BCUT2D eigenvalue weighted by Gasteiger charge is 2.10. The molecule has 112 valence electrons. The first kappa shape index (κ1) is 15.9. The van der Waals surface area contributed by atoms with Gasteiger partial charge in [-0.15, -0.1) is 11.3 Å². The summed E-state index contributed by atoms with van der Waals surface area (Å²) in [6.07, 6.45) is 1.11. The Hall–Kier alpha value is -1.50. The van der Waals surface area contributed by atoms with E-state index in [1.54, 1.807) is 7.11 Å². The van der Waals surface area contributed by atoms with Gasteiger partial charge in [-0.3, -0.25) is 4.79 Å². The third-order valence-electron chi connectivity index (χ3n) is 3.11. The second-order valence-corrected chi connectivity index (χ2v) is 6.46. The maximum atomic E-state index is 12.2. The highest BCUT2D eigenvalue weighted by Crippen LogP contribution is 2.18. The number of aromatic nitrogens is 1. The molecule has 0 bridgehead atoms. The van der Waals surface area contributed by atoms with E-state index in [9.17, 15) is 4.79 Å². The SMILES string of the molecule is COCCc1ccccc1NC(=O)Cc1sc(=S)[nH]c1C. The number of methoxy groups -OCH3 is 1. The van der Waals surface area contributed by atoms with Crippen LogP contribution < -0.4 is 5.32 Å². The summed E-state index contributed by atoms with van der Waals surface area (Å²) in [5.74, 6) is -0.0341. The molecule has 4 nitrogen and oxygen atoms in total. The summed E-state index contributed by atoms with van der Waals surface area (Å²) in [7, 11) is 1.67. The van der Waals surface area contributed by atoms with Gasteiger partial charge in [0, 0.05) is 23.4 Å². The van der Waals surface area contributed by atoms with Crippen LogP contribution in [0.25, 0.3) is 0 Å². The smallest absolute Gasteiger partial charge is 0.229 e. The van der Waals surface area contributed by atoms with Crippen molar-refractivity contribution in [3.05, 3.63) is 44.4 Å². The van der Waals surface area contributed by atoms with Gasteiger partial charge in [0.25, 0.3) is 0 Å². The van der Waals surface area contributed by atoms with Crippen LogP contribution in [0.4, 0.5) is 5.69 Å². The van der Waals surface area contributed by atoms with Crippen molar-refractivity contribution in [2.75, 3.05) is 19.0 Å². The van der Waals surface area contributed by atoms with Gasteiger partial charge in [-0.2, -0.15) is 0 Å². The molecule has 1 amide bonds. The number of hydrogen-bond donors (Lipinski definition) is 2.